The zero-order valence-electron chi connectivity index (χ0n) is 12.5. The smallest absolute Gasteiger partial charge is 0.0480 e. The van der Waals surface area contributed by atoms with Crippen LogP contribution in [0.5, 0.6) is 0 Å². The van der Waals surface area contributed by atoms with Crippen LogP contribution in [-0.4, -0.2) is 43.5 Å². The van der Waals surface area contributed by atoms with Gasteiger partial charge in [-0.25, -0.2) is 0 Å². The predicted octanol–water partition coefficient (Wildman–Crippen LogP) is 3.61. The van der Waals surface area contributed by atoms with Crippen molar-refractivity contribution >= 4 is 12.6 Å². The van der Waals surface area contributed by atoms with Gasteiger partial charge in [-0.2, -0.15) is 12.6 Å². The minimum Gasteiger partial charge on any atom is -0.381 e. The van der Waals surface area contributed by atoms with Gasteiger partial charge in [-0.3, -0.25) is 0 Å². The van der Waals surface area contributed by atoms with Crippen LogP contribution in [0.15, 0.2) is 0 Å². The lowest BCUT2D eigenvalue weighted by Gasteiger charge is -2.40. The lowest BCUT2D eigenvalue weighted by atomic mass is 9.80. The Labute approximate surface area is 119 Å². The van der Waals surface area contributed by atoms with Gasteiger partial charge in [0.15, 0.2) is 0 Å². The molecule has 0 aromatic heterocycles. The summed E-state index contributed by atoms with van der Waals surface area (Å²) in [6.45, 7) is 7.66. The van der Waals surface area contributed by atoms with Crippen molar-refractivity contribution in [1.29, 1.82) is 0 Å². The topological polar surface area (TPSA) is 12.5 Å². The maximum Gasteiger partial charge on any atom is 0.0480 e. The first-order valence-corrected chi connectivity index (χ1v) is 8.19. The van der Waals surface area contributed by atoms with Crippen LogP contribution in [0.4, 0.5) is 0 Å². The molecule has 3 heteroatoms. The SMILES string of the molecule is CCCC(CS)(CCC)CN(C)C1CCOCC1. The summed E-state index contributed by atoms with van der Waals surface area (Å²) in [6, 6.07) is 0.715. The van der Waals surface area contributed by atoms with Crippen molar-refractivity contribution in [2.24, 2.45) is 5.41 Å². The van der Waals surface area contributed by atoms with Crippen molar-refractivity contribution in [2.45, 2.75) is 58.4 Å². The Hall–Kier alpha value is 0.270. The Balaban J connectivity index is 2.56. The van der Waals surface area contributed by atoms with Gasteiger partial charge in [-0.1, -0.05) is 26.7 Å². The van der Waals surface area contributed by atoms with E-state index >= 15 is 0 Å². The second-order valence-electron chi connectivity index (χ2n) is 5.92. The van der Waals surface area contributed by atoms with Crippen LogP contribution in [-0.2, 0) is 4.74 Å². The number of rotatable bonds is 8. The van der Waals surface area contributed by atoms with Gasteiger partial charge < -0.3 is 9.64 Å². The lowest BCUT2D eigenvalue weighted by Crippen LogP contribution is -2.44. The van der Waals surface area contributed by atoms with E-state index in [2.05, 4.69) is 38.4 Å². The third-order valence-corrected chi connectivity index (χ3v) is 4.97. The number of hydrogen-bond donors (Lipinski definition) is 1. The van der Waals surface area contributed by atoms with E-state index in [4.69, 9.17) is 4.74 Å². The highest BCUT2D eigenvalue weighted by Gasteiger charge is 2.31. The van der Waals surface area contributed by atoms with Crippen LogP contribution < -0.4 is 0 Å². The molecule has 18 heavy (non-hydrogen) atoms. The summed E-state index contributed by atoms with van der Waals surface area (Å²) in [7, 11) is 2.29. The summed E-state index contributed by atoms with van der Waals surface area (Å²) in [5.74, 6) is 1.02. The zero-order valence-corrected chi connectivity index (χ0v) is 13.3. The van der Waals surface area contributed by atoms with Crippen molar-refractivity contribution in [3.05, 3.63) is 0 Å². The predicted molar refractivity (Wildman–Crippen MR) is 82.6 cm³/mol. The molecule has 0 atom stereocenters. The van der Waals surface area contributed by atoms with Crippen molar-refractivity contribution in [3.8, 4) is 0 Å². The summed E-state index contributed by atoms with van der Waals surface area (Å²) in [5.41, 5.74) is 0.416. The Morgan fingerprint density at radius 2 is 1.72 bits per heavy atom. The lowest BCUT2D eigenvalue weighted by molar-refractivity contribution is 0.0273. The van der Waals surface area contributed by atoms with Crippen molar-refractivity contribution in [1.82, 2.24) is 4.90 Å². The highest BCUT2D eigenvalue weighted by atomic mass is 32.1. The molecular formula is C15H31NOS. The van der Waals surface area contributed by atoms with Crippen molar-refractivity contribution in [2.75, 3.05) is 32.6 Å². The molecule has 0 N–H and O–H groups in total. The van der Waals surface area contributed by atoms with Crippen molar-refractivity contribution in [3.63, 3.8) is 0 Å². The molecule has 1 aliphatic rings. The van der Waals surface area contributed by atoms with Gasteiger partial charge in [0.25, 0.3) is 0 Å². The van der Waals surface area contributed by atoms with Crippen LogP contribution >= 0.6 is 12.6 Å². The average Bonchev–Trinajstić information content (AvgIpc) is 2.40. The monoisotopic (exact) mass is 273 g/mol. The van der Waals surface area contributed by atoms with E-state index in [0.717, 1.165) is 19.0 Å². The summed E-state index contributed by atoms with van der Waals surface area (Å²) < 4.78 is 5.46. The Bertz CT molecular complexity index is 211. The molecule has 0 amide bonds. The minimum absolute atomic E-state index is 0.416. The molecule has 0 aromatic carbocycles. The van der Waals surface area contributed by atoms with Crippen LogP contribution in [0.3, 0.4) is 0 Å². The zero-order chi connectivity index (χ0) is 13.4. The number of ether oxygens (including phenoxy) is 1. The summed E-state index contributed by atoms with van der Waals surface area (Å²) in [5, 5.41) is 0. The standard InChI is InChI=1S/C15H31NOS/c1-4-8-15(13-18,9-5-2)12-16(3)14-6-10-17-11-7-14/h14,18H,4-13H2,1-3H3. The fourth-order valence-corrected chi connectivity index (χ4v) is 3.75. The Kier molecular flexibility index (Phi) is 7.66. The first kappa shape index (κ1) is 16.3. The second-order valence-corrected chi connectivity index (χ2v) is 6.23. The third-order valence-electron chi connectivity index (χ3n) is 4.30. The van der Waals surface area contributed by atoms with E-state index < -0.39 is 0 Å². The number of hydrogen-bond acceptors (Lipinski definition) is 3. The largest absolute Gasteiger partial charge is 0.381 e. The van der Waals surface area contributed by atoms with E-state index in [-0.39, 0.29) is 0 Å². The van der Waals surface area contributed by atoms with E-state index in [9.17, 15) is 0 Å². The van der Waals surface area contributed by atoms with Gasteiger partial charge in [0, 0.05) is 25.8 Å². The quantitative estimate of drug-likeness (QED) is 0.678. The molecule has 0 aliphatic carbocycles. The van der Waals surface area contributed by atoms with Crippen LogP contribution in [0.2, 0.25) is 0 Å². The van der Waals surface area contributed by atoms with E-state index in [1.165, 1.54) is 45.1 Å². The van der Waals surface area contributed by atoms with Crippen LogP contribution in [0.1, 0.15) is 52.4 Å². The first-order chi connectivity index (χ1) is 8.67. The average molecular weight is 273 g/mol. The van der Waals surface area contributed by atoms with Crippen LogP contribution in [0, 0.1) is 5.41 Å². The fourth-order valence-electron chi connectivity index (χ4n) is 3.34. The molecular weight excluding hydrogens is 242 g/mol. The Morgan fingerprint density at radius 3 is 2.17 bits per heavy atom. The molecule has 0 radical (unpaired) electrons. The van der Waals surface area contributed by atoms with Gasteiger partial charge in [-0.15, -0.1) is 0 Å². The maximum atomic E-state index is 5.46. The molecule has 1 fully saturated rings. The maximum absolute atomic E-state index is 5.46. The van der Waals surface area contributed by atoms with Gasteiger partial charge in [0.2, 0.25) is 0 Å². The van der Waals surface area contributed by atoms with Crippen LogP contribution in [0.25, 0.3) is 0 Å². The van der Waals surface area contributed by atoms with Gasteiger partial charge >= 0.3 is 0 Å². The summed E-state index contributed by atoms with van der Waals surface area (Å²) >= 11 is 4.66. The first-order valence-electron chi connectivity index (χ1n) is 7.56. The molecule has 0 saturated carbocycles. The summed E-state index contributed by atoms with van der Waals surface area (Å²) in [6.07, 6.45) is 7.52. The number of thiol groups is 1. The normalized spacial score (nSPS) is 18.5. The highest BCUT2D eigenvalue weighted by Crippen LogP contribution is 2.33. The van der Waals surface area contributed by atoms with Gasteiger partial charge in [0.05, 0.1) is 0 Å². The molecule has 1 aliphatic heterocycles. The van der Waals surface area contributed by atoms with E-state index in [1.54, 1.807) is 0 Å². The molecule has 0 unspecified atom stereocenters. The molecule has 0 bridgehead atoms. The molecule has 108 valence electrons. The third kappa shape index (κ3) is 4.75. The van der Waals surface area contributed by atoms with Gasteiger partial charge in [0.1, 0.15) is 0 Å². The molecule has 0 spiro atoms. The van der Waals surface area contributed by atoms with Crippen molar-refractivity contribution < 1.29 is 4.74 Å². The summed E-state index contributed by atoms with van der Waals surface area (Å²) in [4.78, 5) is 2.57. The molecule has 1 saturated heterocycles. The second kappa shape index (κ2) is 8.44. The molecule has 1 rings (SSSR count). The molecule has 0 aromatic rings. The molecule has 2 nitrogen and oxygen atoms in total. The van der Waals surface area contributed by atoms with E-state index in [0.29, 0.717) is 11.5 Å². The highest BCUT2D eigenvalue weighted by molar-refractivity contribution is 7.80. The minimum atomic E-state index is 0.416. The van der Waals surface area contributed by atoms with E-state index in [1.807, 2.05) is 0 Å². The Morgan fingerprint density at radius 1 is 1.17 bits per heavy atom. The fraction of sp³-hybridized carbons (Fsp3) is 1.00. The molecule has 1 heterocycles. The van der Waals surface area contributed by atoms with Gasteiger partial charge in [-0.05, 0) is 43.9 Å². The number of nitrogens with zero attached hydrogens (tertiary/aromatic N) is 1.